The molecule has 1 aromatic rings. The molecule has 1 aliphatic heterocycles. The Morgan fingerprint density at radius 3 is 2.29 bits per heavy atom. The Hall–Kier alpha value is -0.790. The maximum Gasteiger partial charge on any atom is 0.420 e. The highest BCUT2D eigenvalue weighted by molar-refractivity contribution is 6.29. The van der Waals surface area contributed by atoms with Gasteiger partial charge in [0.1, 0.15) is 5.56 Å². The molecule has 2 N–H and O–H groups in total. The van der Waals surface area contributed by atoms with Crippen molar-refractivity contribution in [3.63, 3.8) is 0 Å². The lowest BCUT2D eigenvalue weighted by Gasteiger charge is -2.22. The Kier molecular flexibility index (Phi) is 4.56. The molecular formula is C12H15Cl2F3N4. The molecule has 1 saturated heterocycles. The lowest BCUT2D eigenvalue weighted by molar-refractivity contribution is -0.137. The van der Waals surface area contributed by atoms with Gasteiger partial charge < -0.3 is 10.6 Å². The van der Waals surface area contributed by atoms with Gasteiger partial charge in [-0.15, -0.1) is 22.6 Å². The highest BCUT2D eigenvalue weighted by Gasteiger charge is 2.43. The van der Waals surface area contributed by atoms with Crippen molar-refractivity contribution in [3.05, 3.63) is 16.8 Å². The molecule has 1 aromatic heterocycles. The van der Waals surface area contributed by atoms with Gasteiger partial charge in [0.15, 0.2) is 11.0 Å². The molecule has 0 amide bonds. The predicted octanol–water partition coefficient (Wildman–Crippen LogP) is 2.74. The zero-order valence-corrected chi connectivity index (χ0v) is 12.5. The summed E-state index contributed by atoms with van der Waals surface area (Å²) in [5.41, 5.74) is 5.07. The van der Waals surface area contributed by atoms with E-state index in [-0.39, 0.29) is 29.4 Å². The summed E-state index contributed by atoms with van der Waals surface area (Å²) >= 11 is 5.54. The number of hydrogen-bond donors (Lipinski definition) is 1. The zero-order chi connectivity index (χ0) is 14.5. The first kappa shape index (κ1) is 16.6. The summed E-state index contributed by atoms with van der Waals surface area (Å²) in [7, 11) is 0. The zero-order valence-electron chi connectivity index (χ0n) is 11.0. The average molecular weight is 343 g/mol. The van der Waals surface area contributed by atoms with Gasteiger partial charge in [-0.1, -0.05) is 11.6 Å². The Bertz CT molecular complexity index is 512. The molecule has 3 rings (SSSR count). The molecule has 2 aliphatic rings. The Morgan fingerprint density at radius 1 is 1.19 bits per heavy atom. The largest absolute Gasteiger partial charge is 0.420 e. The van der Waals surface area contributed by atoms with Gasteiger partial charge >= 0.3 is 6.18 Å². The Morgan fingerprint density at radius 2 is 1.76 bits per heavy atom. The molecule has 21 heavy (non-hydrogen) atoms. The molecule has 0 spiro atoms. The van der Waals surface area contributed by atoms with E-state index < -0.39 is 11.7 Å². The van der Waals surface area contributed by atoms with E-state index in [1.807, 2.05) is 0 Å². The molecule has 4 nitrogen and oxygen atoms in total. The standard InChI is InChI=1S/C12H14ClF3N4.ClH/c13-10-3-9(12(14,15)16)11(19-18-10)20-4-6-1-8(17)2-7(6)5-20;/h3,6-8H,1-2,4-5,17H2;1H/t6-,7-;/m1./s1. The molecule has 2 heterocycles. The van der Waals surface area contributed by atoms with Crippen molar-refractivity contribution in [2.45, 2.75) is 25.1 Å². The number of alkyl halides is 3. The van der Waals surface area contributed by atoms with E-state index in [0.717, 1.165) is 18.9 Å². The number of anilines is 1. The van der Waals surface area contributed by atoms with Gasteiger partial charge in [-0.2, -0.15) is 13.2 Å². The number of rotatable bonds is 1. The van der Waals surface area contributed by atoms with Crippen LogP contribution in [-0.4, -0.2) is 29.3 Å². The third-order valence-electron chi connectivity index (χ3n) is 4.14. The van der Waals surface area contributed by atoms with E-state index in [0.29, 0.717) is 24.9 Å². The average Bonchev–Trinajstić information content (AvgIpc) is 2.84. The van der Waals surface area contributed by atoms with Crippen LogP contribution in [0.2, 0.25) is 5.15 Å². The summed E-state index contributed by atoms with van der Waals surface area (Å²) in [5.74, 6) is 0.581. The third kappa shape index (κ3) is 3.19. The number of nitrogens with zero attached hydrogens (tertiary/aromatic N) is 3. The summed E-state index contributed by atoms with van der Waals surface area (Å²) in [6.45, 7) is 1.11. The first-order valence-electron chi connectivity index (χ1n) is 6.45. The van der Waals surface area contributed by atoms with Crippen molar-refractivity contribution in [1.29, 1.82) is 0 Å². The van der Waals surface area contributed by atoms with Crippen LogP contribution >= 0.6 is 24.0 Å². The van der Waals surface area contributed by atoms with Crippen LogP contribution in [0.4, 0.5) is 19.0 Å². The lowest BCUT2D eigenvalue weighted by atomic mass is 10.0. The smallest absolute Gasteiger partial charge is 0.354 e. The summed E-state index contributed by atoms with van der Waals surface area (Å²) in [6.07, 6.45) is -2.75. The van der Waals surface area contributed by atoms with Crippen LogP contribution in [0.1, 0.15) is 18.4 Å². The molecule has 9 heteroatoms. The van der Waals surface area contributed by atoms with Gasteiger partial charge in [0.05, 0.1) is 0 Å². The van der Waals surface area contributed by atoms with Crippen molar-refractivity contribution in [2.24, 2.45) is 17.6 Å². The molecule has 0 radical (unpaired) electrons. The molecule has 2 fully saturated rings. The summed E-state index contributed by atoms with van der Waals surface area (Å²) < 4.78 is 39.2. The fourth-order valence-corrected chi connectivity index (χ4v) is 3.47. The maximum atomic E-state index is 13.1. The van der Waals surface area contributed by atoms with Crippen molar-refractivity contribution in [1.82, 2.24) is 10.2 Å². The lowest BCUT2D eigenvalue weighted by Crippen LogP contribution is -2.28. The van der Waals surface area contributed by atoms with Crippen LogP contribution in [0.15, 0.2) is 6.07 Å². The Labute approximate surface area is 131 Å². The predicted molar refractivity (Wildman–Crippen MR) is 75.7 cm³/mol. The van der Waals surface area contributed by atoms with E-state index in [1.165, 1.54) is 0 Å². The van der Waals surface area contributed by atoms with Crippen molar-refractivity contribution < 1.29 is 13.2 Å². The second kappa shape index (κ2) is 5.78. The van der Waals surface area contributed by atoms with E-state index in [4.69, 9.17) is 17.3 Å². The topological polar surface area (TPSA) is 55.0 Å². The van der Waals surface area contributed by atoms with Crippen LogP contribution in [0.25, 0.3) is 0 Å². The minimum absolute atomic E-state index is 0. The molecule has 1 aliphatic carbocycles. The number of nitrogens with two attached hydrogens (primary N) is 1. The van der Waals surface area contributed by atoms with E-state index in [2.05, 4.69) is 10.2 Å². The van der Waals surface area contributed by atoms with Crippen LogP contribution < -0.4 is 10.6 Å². The van der Waals surface area contributed by atoms with Gasteiger partial charge in [-0.3, -0.25) is 0 Å². The van der Waals surface area contributed by atoms with Crippen molar-refractivity contribution in [2.75, 3.05) is 18.0 Å². The third-order valence-corrected chi connectivity index (χ3v) is 4.32. The van der Waals surface area contributed by atoms with E-state index in [1.54, 1.807) is 4.90 Å². The summed E-state index contributed by atoms with van der Waals surface area (Å²) in [6, 6.07) is 1.01. The van der Waals surface area contributed by atoms with Gasteiger partial charge in [-0.25, -0.2) is 0 Å². The first-order chi connectivity index (χ1) is 9.34. The fraction of sp³-hybridized carbons (Fsp3) is 0.667. The monoisotopic (exact) mass is 342 g/mol. The van der Waals surface area contributed by atoms with Crippen molar-refractivity contribution >= 4 is 29.8 Å². The molecule has 0 unspecified atom stereocenters. The molecule has 1 saturated carbocycles. The highest BCUT2D eigenvalue weighted by Crippen LogP contribution is 2.42. The van der Waals surface area contributed by atoms with E-state index >= 15 is 0 Å². The quantitative estimate of drug-likeness (QED) is 0.852. The second-order valence-electron chi connectivity index (χ2n) is 5.56. The first-order valence-corrected chi connectivity index (χ1v) is 6.83. The number of halogens is 5. The Balaban J connectivity index is 0.00000161. The molecular weight excluding hydrogens is 328 g/mol. The van der Waals surface area contributed by atoms with Crippen LogP contribution in [0.3, 0.4) is 0 Å². The maximum absolute atomic E-state index is 13.1. The second-order valence-corrected chi connectivity index (χ2v) is 5.95. The minimum Gasteiger partial charge on any atom is -0.354 e. The molecule has 0 bridgehead atoms. The molecule has 118 valence electrons. The van der Waals surface area contributed by atoms with Crippen molar-refractivity contribution in [3.8, 4) is 0 Å². The highest BCUT2D eigenvalue weighted by atomic mass is 35.5. The normalized spacial score (nSPS) is 25.9. The number of aromatic nitrogens is 2. The minimum atomic E-state index is -4.48. The van der Waals surface area contributed by atoms with Crippen LogP contribution in [0.5, 0.6) is 0 Å². The van der Waals surface area contributed by atoms with Crippen LogP contribution in [-0.2, 0) is 6.18 Å². The van der Waals surface area contributed by atoms with Crippen LogP contribution in [0, 0.1) is 11.8 Å². The summed E-state index contributed by atoms with van der Waals surface area (Å²) in [4.78, 5) is 1.66. The fourth-order valence-electron chi connectivity index (χ4n) is 3.32. The summed E-state index contributed by atoms with van der Waals surface area (Å²) in [5, 5.41) is 6.97. The van der Waals surface area contributed by atoms with Gasteiger partial charge in [0.2, 0.25) is 0 Å². The van der Waals surface area contributed by atoms with E-state index in [9.17, 15) is 13.2 Å². The van der Waals surface area contributed by atoms with Gasteiger partial charge in [0, 0.05) is 19.1 Å². The molecule has 0 aromatic carbocycles. The SMILES string of the molecule is Cl.NC1C[C@@H]2CN(c3nnc(Cl)cc3C(F)(F)F)C[C@H]2C1. The van der Waals surface area contributed by atoms with Gasteiger partial charge in [-0.05, 0) is 30.7 Å². The molecule has 2 atom stereocenters. The number of fused-ring (bicyclic) bond motifs is 1. The number of hydrogen-bond acceptors (Lipinski definition) is 4. The van der Waals surface area contributed by atoms with Gasteiger partial charge in [0.25, 0.3) is 0 Å².